The molecule has 2 aromatic heterocycles. The van der Waals surface area contributed by atoms with Gasteiger partial charge >= 0.3 is 5.91 Å². The van der Waals surface area contributed by atoms with Crippen LogP contribution in [0.2, 0.25) is 0 Å². The minimum absolute atomic E-state index is 0.0528. The highest BCUT2D eigenvalue weighted by Crippen LogP contribution is 2.27. The minimum Gasteiger partial charge on any atom is -0.595 e. The van der Waals surface area contributed by atoms with E-state index in [1.807, 2.05) is 29.8 Å². The monoisotopic (exact) mass is 442 g/mol. The second-order valence-corrected chi connectivity index (χ2v) is 8.63. The summed E-state index contributed by atoms with van der Waals surface area (Å²) in [5.41, 5.74) is 1.15. The van der Waals surface area contributed by atoms with Gasteiger partial charge in [-0.25, -0.2) is 18.3 Å². The summed E-state index contributed by atoms with van der Waals surface area (Å²) in [7, 11) is -0.640. The van der Waals surface area contributed by atoms with E-state index in [1.165, 1.54) is 24.4 Å². The average molecular weight is 442 g/mol. The van der Waals surface area contributed by atoms with E-state index in [1.54, 1.807) is 12.1 Å². The number of nitrogens with one attached hydrogen (secondary N) is 2. The number of rotatable bonds is 5. The third-order valence-electron chi connectivity index (χ3n) is 4.72. The fraction of sp³-hybridized carbons (Fsp3) is 0.100. The first kappa shape index (κ1) is 20.8. The molecular weight excluding hydrogens is 424 g/mol. The van der Waals surface area contributed by atoms with E-state index in [0.717, 1.165) is 17.8 Å². The molecule has 4 aromatic rings. The fourth-order valence-corrected chi connectivity index (χ4v) is 4.31. The van der Waals surface area contributed by atoms with Crippen LogP contribution in [0, 0.1) is 5.21 Å². The molecule has 0 spiro atoms. The predicted octanol–water partition coefficient (Wildman–Crippen LogP) is 1.57. The van der Waals surface area contributed by atoms with Crippen LogP contribution in [0.3, 0.4) is 0 Å². The van der Waals surface area contributed by atoms with Gasteiger partial charge in [-0.1, -0.05) is 0 Å². The van der Waals surface area contributed by atoms with Crippen molar-refractivity contribution in [1.82, 2.24) is 9.71 Å². The molecular formula is C20H18N4O6S. The van der Waals surface area contributed by atoms with Crippen LogP contribution in [0.4, 0.5) is 11.4 Å². The van der Waals surface area contributed by atoms with Gasteiger partial charge in [0.1, 0.15) is 10.5 Å². The molecule has 11 heteroatoms. The molecule has 10 nitrogen and oxygen atoms in total. The summed E-state index contributed by atoms with van der Waals surface area (Å²) in [5, 5.41) is 20.3. The van der Waals surface area contributed by atoms with Gasteiger partial charge in [-0.2, -0.15) is 5.23 Å². The number of anilines is 1. The molecule has 3 N–H and O–H groups in total. The molecule has 31 heavy (non-hydrogen) atoms. The van der Waals surface area contributed by atoms with Gasteiger partial charge in [0, 0.05) is 43.5 Å². The van der Waals surface area contributed by atoms with Gasteiger partial charge in [0.2, 0.25) is 0 Å². The molecule has 0 radical (unpaired) electrons. The number of benzene rings is 2. The van der Waals surface area contributed by atoms with E-state index in [-0.39, 0.29) is 27.2 Å². The Labute approximate surface area is 176 Å². The third-order valence-corrected chi connectivity index (χ3v) is 6.09. The summed E-state index contributed by atoms with van der Waals surface area (Å²) < 4.78 is 33.3. The van der Waals surface area contributed by atoms with Crippen molar-refractivity contribution in [2.24, 2.45) is 0 Å². The van der Waals surface area contributed by atoms with Gasteiger partial charge < -0.3 is 14.5 Å². The maximum Gasteiger partial charge on any atom is 0.300 e. The van der Waals surface area contributed by atoms with Gasteiger partial charge in [-0.05, 0) is 36.4 Å². The lowest BCUT2D eigenvalue weighted by Gasteiger charge is -2.15. The molecule has 2 heterocycles. The molecule has 1 amide bonds. The molecule has 0 bridgehead atoms. The molecule has 1 unspecified atom stereocenters. The summed E-state index contributed by atoms with van der Waals surface area (Å²) in [4.78, 5) is 18.2. The predicted molar refractivity (Wildman–Crippen MR) is 113 cm³/mol. The molecule has 160 valence electrons. The van der Waals surface area contributed by atoms with Crippen LogP contribution in [0.25, 0.3) is 21.9 Å². The molecule has 0 saturated carbocycles. The van der Waals surface area contributed by atoms with E-state index in [0.29, 0.717) is 11.0 Å². The van der Waals surface area contributed by atoms with Crippen LogP contribution < -0.4 is 14.8 Å². The van der Waals surface area contributed by atoms with Crippen molar-refractivity contribution in [1.29, 1.82) is 0 Å². The lowest BCUT2D eigenvalue weighted by atomic mass is 10.2. The zero-order valence-electron chi connectivity index (χ0n) is 16.5. The number of furan rings is 1. The van der Waals surface area contributed by atoms with Crippen molar-refractivity contribution >= 4 is 49.2 Å². The number of nitrogens with zero attached hydrogens (tertiary/aromatic N) is 2. The number of hydrogen-bond acceptors (Lipinski definition) is 8. The lowest BCUT2D eigenvalue weighted by molar-refractivity contribution is -0.990. The van der Waals surface area contributed by atoms with E-state index in [4.69, 9.17) is 4.42 Å². The Bertz CT molecular complexity index is 1410. The highest BCUT2D eigenvalue weighted by molar-refractivity contribution is 7.90. The smallest absolute Gasteiger partial charge is 0.300 e. The molecule has 0 fully saturated rings. The number of carbonyl (C=O) groups is 1. The first-order chi connectivity index (χ1) is 14.7. The van der Waals surface area contributed by atoms with Crippen LogP contribution in [0.1, 0.15) is 10.6 Å². The van der Waals surface area contributed by atoms with Crippen molar-refractivity contribution in [3.8, 4) is 0 Å². The second-order valence-electron chi connectivity index (χ2n) is 6.98. The Morgan fingerprint density at radius 2 is 1.97 bits per heavy atom. The second kappa shape index (κ2) is 7.63. The summed E-state index contributed by atoms with van der Waals surface area (Å²) in [6.07, 6.45) is 1.34. The summed E-state index contributed by atoms with van der Waals surface area (Å²) in [6.45, 7) is 0. The van der Waals surface area contributed by atoms with Crippen molar-refractivity contribution in [2.45, 2.75) is 4.90 Å². The average Bonchev–Trinajstić information content (AvgIpc) is 3.16. The SMILES string of the molecule is CN(C)c1ccc2cc(C(=O)NS(=O)(=O)c3ccc([NH+]([O-])O)c4cccnc34)oc2c1. The molecule has 0 aliphatic heterocycles. The first-order valence-electron chi connectivity index (χ1n) is 9.06. The fourth-order valence-electron chi connectivity index (χ4n) is 3.19. The molecule has 1 atom stereocenters. The molecule has 0 aliphatic carbocycles. The molecule has 2 aromatic carbocycles. The van der Waals surface area contributed by atoms with Crippen molar-refractivity contribution in [2.75, 3.05) is 19.0 Å². The Kier molecular flexibility index (Phi) is 5.11. The Balaban J connectivity index is 1.70. The number of sulfonamides is 1. The highest BCUT2D eigenvalue weighted by Gasteiger charge is 2.25. The number of quaternary nitrogens is 1. The van der Waals surface area contributed by atoms with Crippen LogP contribution in [0.15, 0.2) is 64.0 Å². The minimum atomic E-state index is -4.36. The van der Waals surface area contributed by atoms with Crippen LogP contribution >= 0.6 is 0 Å². The number of pyridine rings is 1. The van der Waals surface area contributed by atoms with E-state index >= 15 is 0 Å². The van der Waals surface area contributed by atoms with Crippen molar-refractivity contribution in [3.63, 3.8) is 0 Å². The Hall–Kier alpha value is -3.51. The Morgan fingerprint density at radius 1 is 1.19 bits per heavy atom. The quantitative estimate of drug-likeness (QED) is 0.396. The van der Waals surface area contributed by atoms with Crippen molar-refractivity contribution in [3.05, 3.63) is 65.7 Å². The van der Waals surface area contributed by atoms with E-state index in [2.05, 4.69) is 4.98 Å². The van der Waals surface area contributed by atoms with Gasteiger partial charge in [-0.15, -0.1) is 0 Å². The summed E-state index contributed by atoms with van der Waals surface area (Å²) in [6, 6.07) is 12.0. The Morgan fingerprint density at radius 3 is 2.68 bits per heavy atom. The number of amides is 1. The van der Waals surface area contributed by atoms with Crippen LogP contribution in [-0.2, 0) is 10.0 Å². The van der Waals surface area contributed by atoms with E-state index < -0.39 is 21.2 Å². The normalized spacial score (nSPS) is 12.8. The lowest BCUT2D eigenvalue weighted by Crippen LogP contribution is -2.99. The maximum absolute atomic E-state index is 12.9. The zero-order valence-corrected chi connectivity index (χ0v) is 17.3. The molecule has 0 aliphatic rings. The van der Waals surface area contributed by atoms with Crippen LogP contribution in [-0.4, -0.2) is 38.6 Å². The number of aromatic nitrogens is 1. The summed E-state index contributed by atoms with van der Waals surface area (Å²) in [5.74, 6) is -1.12. The maximum atomic E-state index is 12.9. The van der Waals surface area contributed by atoms with Gasteiger partial charge in [0.15, 0.2) is 11.4 Å². The van der Waals surface area contributed by atoms with Crippen LogP contribution in [0.5, 0.6) is 0 Å². The topological polar surface area (TPSA) is 140 Å². The number of hydrogen-bond donors (Lipinski definition) is 3. The van der Waals surface area contributed by atoms with Gasteiger partial charge in [0.25, 0.3) is 10.0 Å². The van der Waals surface area contributed by atoms with Crippen molar-refractivity contribution < 1.29 is 28.1 Å². The third kappa shape index (κ3) is 3.82. The largest absolute Gasteiger partial charge is 0.595 e. The highest BCUT2D eigenvalue weighted by atomic mass is 32.2. The first-order valence-corrected chi connectivity index (χ1v) is 10.5. The summed E-state index contributed by atoms with van der Waals surface area (Å²) >= 11 is 0. The number of carbonyl (C=O) groups excluding carboxylic acids is 1. The zero-order chi connectivity index (χ0) is 22.3. The molecule has 4 rings (SSSR count). The van der Waals surface area contributed by atoms with E-state index in [9.17, 15) is 23.6 Å². The number of fused-ring (bicyclic) bond motifs is 2. The van der Waals surface area contributed by atoms with Gasteiger partial charge in [0.05, 0.1) is 10.9 Å². The molecule has 0 saturated heterocycles. The van der Waals surface area contributed by atoms with Gasteiger partial charge in [-0.3, -0.25) is 9.78 Å². The standard InChI is InChI=1S/C20H18N4O6S/c1-23(2)13-6-5-12-10-17(30-16(12)11-13)20(25)22-31(28,29)18-8-7-15(24(26)27)14-4-3-9-21-19(14)18/h3-11,24,26H,1-2H3,(H,22,25).